The molecule has 0 radical (unpaired) electrons. The van der Waals surface area contributed by atoms with E-state index in [0.717, 1.165) is 11.1 Å². The number of cyclic esters (lactones) is 1. The predicted molar refractivity (Wildman–Crippen MR) is 114 cm³/mol. The van der Waals surface area contributed by atoms with Crippen LogP contribution in [0.3, 0.4) is 0 Å². The highest BCUT2D eigenvalue weighted by atomic mass is 35.5. The second-order valence-electron chi connectivity index (χ2n) is 6.44. The maximum Gasteiger partial charge on any atom is 0.363 e. The highest BCUT2D eigenvalue weighted by Crippen LogP contribution is 2.26. The molecule has 0 saturated heterocycles. The van der Waals surface area contributed by atoms with E-state index in [1.807, 2.05) is 0 Å². The summed E-state index contributed by atoms with van der Waals surface area (Å²) in [5.74, 6) is -0.0711. The average molecular weight is 442 g/mol. The molecule has 1 heterocycles. The second-order valence-corrected chi connectivity index (χ2v) is 7.29. The highest BCUT2D eigenvalue weighted by molar-refractivity contribution is 6.37. The standard InChI is InChI=1S/C23H14Cl2FNO3/c24-16-5-10-19(20(25)12-16)22-27-21(23(28)30-22)11-14-3-8-18(9-4-14)29-13-15-1-6-17(26)7-2-15/h1-12H,13H2/b21-11-. The van der Waals surface area contributed by atoms with E-state index in [1.54, 1.807) is 60.7 Å². The van der Waals surface area contributed by atoms with Crippen molar-refractivity contribution in [2.75, 3.05) is 0 Å². The number of carbonyl (C=O) groups excluding carboxylic acids is 1. The molecule has 30 heavy (non-hydrogen) atoms. The van der Waals surface area contributed by atoms with Gasteiger partial charge >= 0.3 is 5.97 Å². The van der Waals surface area contributed by atoms with Gasteiger partial charge in [0.25, 0.3) is 0 Å². The highest BCUT2D eigenvalue weighted by Gasteiger charge is 2.25. The lowest BCUT2D eigenvalue weighted by Gasteiger charge is -2.06. The van der Waals surface area contributed by atoms with Crippen LogP contribution in [0, 0.1) is 5.82 Å². The normalized spacial score (nSPS) is 14.6. The van der Waals surface area contributed by atoms with Gasteiger partial charge in [-0.2, -0.15) is 0 Å². The maximum absolute atomic E-state index is 12.9. The molecule has 3 aromatic carbocycles. The van der Waals surface area contributed by atoms with Crippen molar-refractivity contribution in [2.24, 2.45) is 4.99 Å². The molecule has 150 valence electrons. The zero-order valence-electron chi connectivity index (χ0n) is 15.4. The minimum Gasteiger partial charge on any atom is -0.489 e. The van der Waals surface area contributed by atoms with Crippen LogP contribution < -0.4 is 4.74 Å². The summed E-state index contributed by atoms with van der Waals surface area (Å²) in [5, 5.41) is 0.823. The Bertz CT molecular complexity index is 1160. The lowest BCUT2D eigenvalue weighted by atomic mass is 10.2. The monoisotopic (exact) mass is 441 g/mol. The van der Waals surface area contributed by atoms with E-state index in [2.05, 4.69) is 4.99 Å². The number of esters is 1. The van der Waals surface area contributed by atoms with Gasteiger partial charge in [0.15, 0.2) is 5.70 Å². The number of aliphatic imine (C=N–C) groups is 1. The van der Waals surface area contributed by atoms with Gasteiger partial charge in [-0.05, 0) is 59.7 Å². The van der Waals surface area contributed by atoms with E-state index in [9.17, 15) is 9.18 Å². The Labute approximate surface area is 182 Å². The molecule has 0 saturated carbocycles. The number of benzene rings is 3. The van der Waals surface area contributed by atoms with Crippen LogP contribution in [0.2, 0.25) is 10.0 Å². The van der Waals surface area contributed by atoms with Crippen LogP contribution in [0.15, 0.2) is 77.4 Å². The van der Waals surface area contributed by atoms with Crippen molar-refractivity contribution >= 4 is 41.1 Å². The van der Waals surface area contributed by atoms with Crippen LogP contribution in [-0.4, -0.2) is 11.9 Å². The Morgan fingerprint density at radius 3 is 2.43 bits per heavy atom. The molecule has 0 unspecified atom stereocenters. The van der Waals surface area contributed by atoms with Gasteiger partial charge in [-0.15, -0.1) is 0 Å². The minimum atomic E-state index is -0.562. The van der Waals surface area contributed by atoms with E-state index < -0.39 is 5.97 Å². The molecule has 0 fully saturated rings. The number of hydrogen-bond donors (Lipinski definition) is 0. The molecule has 0 spiro atoms. The lowest BCUT2D eigenvalue weighted by molar-refractivity contribution is -0.129. The van der Waals surface area contributed by atoms with Crippen molar-refractivity contribution in [1.29, 1.82) is 0 Å². The Morgan fingerprint density at radius 2 is 1.73 bits per heavy atom. The van der Waals surface area contributed by atoms with E-state index in [0.29, 0.717) is 28.0 Å². The molecular weight excluding hydrogens is 428 g/mol. The van der Waals surface area contributed by atoms with Gasteiger partial charge in [0, 0.05) is 5.02 Å². The topological polar surface area (TPSA) is 47.9 Å². The number of hydrogen-bond acceptors (Lipinski definition) is 4. The van der Waals surface area contributed by atoms with Crippen molar-refractivity contribution < 1.29 is 18.7 Å². The first-order chi connectivity index (χ1) is 14.5. The van der Waals surface area contributed by atoms with Gasteiger partial charge in [-0.3, -0.25) is 0 Å². The zero-order chi connectivity index (χ0) is 21.1. The number of nitrogens with zero attached hydrogens (tertiary/aromatic N) is 1. The van der Waals surface area contributed by atoms with Gasteiger partial charge in [0.1, 0.15) is 18.2 Å². The van der Waals surface area contributed by atoms with Gasteiger partial charge in [-0.1, -0.05) is 47.5 Å². The summed E-state index contributed by atoms with van der Waals surface area (Å²) in [6.45, 7) is 0.322. The van der Waals surface area contributed by atoms with Gasteiger partial charge in [0.2, 0.25) is 5.90 Å². The van der Waals surface area contributed by atoms with Crippen molar-refractivity contribution in [1.82, 2.24) is 0 Å². The molecule has 0 N–H and O–H groups in total. The molecule has 4 nitrogen and oxygen atoms in total. The quantitative estimate of drug-likeness (QED) is 0.357. The first-order valence-corrected chi connectivity index (χ1v) is 9.69. The summed E-state index contributed by atoms with van der Waals surface area (Å²) >= 11 is 12.1. The van der Waals surface area contributed by atoms with E-state index in [4.69, 9.17) is 32.7 Å². The third kappa shape index (κ3) is 4.70. The van der Waals surface area contributed by atoms with Gasteiger partial charge in [0.05, 0.1) is 10.6 Å². The smallest absolute Gasteiger partial charge is 0.363 e. The Balaban J connectivity index is 1.46. The fourth-order valence-electron chi connectivity index (χ4n) is 2.75. The number of halogens is 3. The number of rotatable bonds is 5. The van der Waals surface area contributed by atoms with E-state index in [1.165, 1.54) is 12.1 Å². The fraction of sp³-hybridized carbons (Fsp3) is 0.0435. The molecular formula is C23H14Cl2FNO3. The molecule has 0 atom stereocenters. The molecule has 7 heteroatoms. The average Bonchev–Trinajstić information content (AvgIpc) is 3.08. The first kappa shape index (κ1) is 20.1. The van der Waals surface area contributed by atoms with Crippen LogP contribution >= 0.6 is 23.2 Å². The molecule has 0 amide bonds. The van der Waals surface area contributed by atoms with Gasteiger partial charge < -0.3 is 9.47 Å². The molecule has 0 bridgehead atoms. The Morgan fingerprint density at radius 1 is 1.00 bits per heavy atom. The summed E-state index contributed by atoms with van der Waals surface area (Å²) in [6, 6.07) is 18.1. The number of carbonyl (C=O) groups is 1. The van der Waals surface area contributed by atoms with Crippen molar-refractivity contribution in [3.63, 3.8) is 0 Å². The molecule has 1 aliphatic rings. The van der Waals surface area contributed by atoms with Crippen LogP contribution in [0.25, 0.3) is 6.08 Å². The van der Waals surface area contributed by atoms with Crippen LogP contribution in [-0.2, 0) is 16.1 Å². The van der Waals surface area contributed by atoms with Crippen molar-refractivity contribution in [2.45, 2.75) is 6.61 Å². The summed E-state index contributed by atoms with van der Waals surface area (Å²) in [4.78, 5) is 16.4. The van der Waals surface area contributed by atoms with Crippen molar-refractivity contribution in [3.8, 4) is 5.75 Å². The van der Waals surface area contributed by atoms with Crippen molar-refractivity contribution in [3.05, 3.63) is 105 Å². The van der Waals surface area contributed by atoms with Crippen LogP contribution in [0.4, 0.5) is 4.39 Å². The summed E-state index contributed by atoms with van der Waals surface area (Å²) in [7, 11) is 0. The fourth-order valence-corrected chi connectivity index (χ4v) is 3.24. The lowest BCUT2D eigenvalue weighted by Crippen LogP contribution is -2.05. The SMILES string of the molecule is O=C1OC(c2ccc(Cl)cc2Cl)=N/C1=C\c1ccc(OCc2ccc(F)cc2)cc1. The Hall–Kier alpha value is -3.15. The molecule has 4 rings (SSSR count). The molecule has 0 aromatic heterocycles. The first-order valence-electron chi connectivity index (χ1n) is 8.93. The largest absolute Gasteiger partial charge is 0.489 e. The number of ether oxygens (including phenoxy) is 2. The van der Waals surface area contributed by atoms with E-state index >= 15 is 0 Å². The molecule has 0 aliphatic carbocycles. The predicted octanol–water partition coefficient (Wildman–Crippen LogP) is 6.06. The summed E-state index contributed by atoms with van der Waals surface area (Å²) < 4.78 is 23.9. The molecule has 3 aromatic rings. The second kappa shape index (κ2) is 8.69. The minimum absolute atomic E-state index is 0.132. The Kier molecular flexibility index (Phi) is 5.84. The van der Waals surface area contributed by atoms with Crippen LogP contribution in [0.1, 0.15) is 16.7 Å². The van der Waals surface area contributed by atoms with Crippen LogP contribution in [0.5, 0.6) is 5.75 Å². The maximum atomic E-state index is 12.9. The third-order valence-electron chi connectivity index (χ3n) is 4.28. The van der Waals surface area contributed by atoms with E-state index in [-0.39, 0.29) is 17.4 Å². The zero-order valence-corrected chi connectivity index (χ0v) is 17.0. The molecule has 1 aliphatic heterocycles. The van der Waals surface area contributed by atoms with Gasteiger partial charge in [-0.25, -0.2) is 14.2 Å². The summed E-state index contributed by atoms with van der Waals surface area (Å²) in [6.07, 6.45) is 1.61. The summed E-state index contributed by atoms with van der Waals surface area (Å²) in [5.41, 5.74) is 2.26. The third-order valence-corrected chi connectivity index (χ3v) is 4.83.